The van der Waals surface area contributed by atoms with Crippen molar-refractivity contribution in [1.82, 2.24) is 0 Å². The smallest absolute Gasteiger partial charge is 0.396 e. The van der Waals surface area contributed by atoms with Crippen LogP contribution in [-0.4, -0.2) is 88.6 Å². The third-order valence-electron chi connectivity index (χ3n) is 3.45. The first-order chi connectivity index (χ1) is 13.3. The van der Waals surface area contributed by atoms with E-state index in [2.05, 4.69) is 9.47 Å². The summed E-state index contributed by atoms with van der Waals surface area (Å²) in [5.41, 5.74) is -0.514. The van der Waals surface area contributed by atoms with Crippen LogP contribution in [0.3, 0.4) is 0 Å². The molecule has 0 saturated heterocycles. The van der Waals surface area contributed by atoms with Gasteiger partial charge in [0, 0.05) is 17.3 Å². The molecule has 29 heavy (non-hydrogen) atoms. The van der Waals surface area contributed by atoms with Crippen LogP contribution in [0.4, 0.5) is 26.3 Å². The Balaban J connectivity index is 4.05. The van der Waals surface area contributed by atoms with Crippen molar-refractivity contribution in [3.63, 3.8) is 0 Å². The molecule has 0 aromatic rings. The highest BCUT2D eigenvalue weighted by molar-refractivity contribution is 4.68. The Bertz CT molecular complexity index is 380. The van der Waals surface area contributed by atoms with Crippen LogP contribution >= 0.6 is 0 Å². The summed E-state index contributed by atoms with van der Waals surface area (Å²) < 4.78 is 92.0. The van der Waals surface area contributed by atoms with Crippen molar-refractivity contribution < 1.29 is 55.5 Å². The highest BCUT2D eigenvalue weighted by Gasteiger charge is 2.29. The Labute approximate surface area is 166 Å². The van der Waals surface area contributed by atoms with Crippen LogP contribution in [-0.2, 0) is 18.9 Å². The van der Waals surface area contributed by atoms with E-state index >= 15 is 0 Å². The second kappa shape index (κ2) is 13.6. The van der Waals surface area contributed by atoms with Gasteiger partial charge in [-0.15, -0.1) is 0 Å². The summed E-state index contributed by atoms with van der Waals surface area (Å²) in [5.74, 6) is -1.22. The Morgan fingerprint density at radius 1 is 0.586 bits per heavy atom. The van der Waals surface area contributed by atoms with Crippen molar-refractivity contribution in [2.75, 3.05) is 66.1 Å². The third-order valence-corrected chi connectivity index (χ3v) is 3.45. The molecule has 0 amide bonds. The highest BCUT2D eigenvalue weighted by atomic mass is 19.4. The molecule has 0 fully saturated rings. The average molecular weight is 444 g/mol. The van der Waals surface area contributed by atoms with E-state index in [-0.39, 0.29) is 39.6 Å². The lowest BCUT2D eigenvalue weighted by Crippen LogP contribution is -2.31. The number of ether oxygens (including phenoxy) is 4. The molecule has 2 atom stereocenters. The normalized spacial score (nSPS) is 15.5. The monoisotopic (exact) mass is 444 g/mol. The van der Waals surface area contributed by atoms with Crippen LogP contribution in [0.2, 0.25) is 0 Å². The second-order valence-electron chi connectivity index (χ2n) is 7.55. The van der Waals surface area contributed by atoms with Gasteiger partial charge in [0.2, 0.25) is 0 Å². The third kappa shape index (κ3) is 17.9. The topological polar surface area (TPSA) is 77.4 Å². The summed E-state index contributed by atoms with van der Waals surface area (Å²) >= 11 is 0. The molecule has 6 nitrogen and oxygen atoms in total. The summed E-state index contributed by atoms with van der Waals surface area (Å²) in [6.45, 7) is -0.325. The molecule has 0 radical (unpaired) electrons. The molecular formula is C17H30F6O6. The van der Waals surface area contributed by atoms with Gasteiger partial charge >= 0.3 is 12.4 Å². The van der Waals surface area contributed by atoms with Gasteiger partial charge in [0.1, 0.15) is 13.2 Å². The van der Waals surface area contributed by atoms with Crippen LogP contribution in [0.5, 0.6) is 0 Å². The maximum atomic E-state index is 12.0. The molecule has 2 unspecified atom stereocenters. The molecule has 0 spiro atoms. The second-order valence-corrected chi connectivity index (χ2v) is 7.55. The van der Waals surface area contributed by atoms with E-state index in [0.717, 1.165) is 0 Å². The number of alkyl halides is 6. The van der Waals surface area contributed by atoms with Crippen molar-refractivity contribution >= 4 is 0 Å². The van der Waals surface area contributed by atoms with Gasteiger partial charge in [-0.05, 0) is 0 Å². The quantitative estimate of drug-likeness (QED) is 0.356. The zero-order chi connectivity index (χ0) is 22.6. The first-order valence-corrected chi connectivity index (χ1v) is 8.94. The van der Waals surface area contributed by atoms with E-state index in [1.807, 2.05) is 0 Å². The molecule has 0 saturated carbocycles. The van der Waals surface area contributed by atoms with E-state index in [4.69, 9.17) is 19.7 Å². The van der Waals surface area contributed by atoms with Gasteiger partial charge in [-0.25, -0.2) is 0 Å². The number of hydrogen-bond acceptors (Lipinski definition) is 6. The Hall–Kier alpha value is -0.660. The van der Waals surface area contributed by atoms with Crippen LogP contribution in [0.1, 0.15) is 13.8 Å². The first-order valence-electron chi connectivity index (χ1n) is 8.94. The molecule has 0 aromatic heterocycles. The maximum Gasteiger partial charge on any atom is 0.411 e. The van der Waals surface area contributed by atoms with E-state index in [0.29, 0.717) is 0 Å². The summed E-state index contributed by atoms with van der Waals surface area (Å²) in [5, 5.41) is 18.3. The first kappa shape index (κ1) is 28.3. The fourth-order valence-electron chi connectivity index (χ4n) is 2.04. The van der Waals surface area contributed by atoms with Crippen LogP contribution < -0.4 is 0 Å². The van der Waals surface area contributed by atoms with Gasteiger partial charge in [0.15, 0.2) is 0 Å². The zero-order valence-corrected chi connectivity index (χ0v) is 16.5. The predicted molar refractivity (Wildman–Crippen MR) is 90.3 cm³/mol. The van der Waals surface area contributed by atoms with E-state index in [1.54, 1.807) is 13.8 Å². The number of halogens is 6. The summed E-state index contributed by atoms with van der Waals surface area (Å²) in [7, 11) is 0. The van der Waals surface area contributed by atoms with Crippen LogP contribution in [0.15, 0.2) is 0 Å². The van der Waals surface area contributed by atoms with E-state index in [9.17, 15) is 26.3 Å². The van der Waals surface area contributed by atoms with Gasteiger partial charge in [0.05, 0.1) is 52.9 Å². The average Bonchev–Trinajstić information content (AvgIpc) is 2.56. The molecule has 176 valence electrons. The molecule has 0 bridgehead atoms. The van der Waals surface area contributed by atoms with Gasteiger partial charge in [-0.1, -0.05) is 13.8 Å². The fourth-order valence-corrected chi connectivity index (χ4v) is 2.04. The molecule has 2 N–H and O–H groups in total. The SMILES string of the molecule is CC(C)(COCC(CO)COCC(F)(F)F)COCC(CO)COCC(F)(F)F. The van der Waals surface area contributed by atoms with Crippen molar-refractivity contribution in [1.29, 1.82) is 0 Å². The van der Waals surface area contributed by atoms with Gasteiger partial charge in [0.25, 0.3) is 0 Å². The molecular weight excluding hydrogens is 414 g/mol. The highest BCUT2D eigenvalue weighted by Crippen LogP contribution is 2.19. The van der Waals surface area contributed by atoms with E-state index in [1.165, 1.54) is 0 Å². The zero-order valence-electron chi connectivity index (χ0n) is 16.5. The number of rotatable bonds is 16. The van der Waals surface area contributed by atoms with Crippen molar-refractivity contribution in [3.8, 4) is 0 Å². The Kier molecular flexibility index (Phi) is 13.3. The van der Waals surface area contributed by atoms with Gasteiger partial charge in [-0.3, -0.25) is 0 Å². The standard InChI is InChI=1S/C17H30F6O6/c1-15(2,9-26-5-13(3-24)7-28-11-16(18,19)20)10-27-6-14(4-25)8-29-12-17(21,22)23/h13-14,24-25H,3-12H2,1-2H3. The van der Waals surface area contributed by atoms with Gasteiger partial charge in [-0.2, -0.15) is 26.3 Å². The van der Waals surface area contributed by atoms with Crippen LogP contribution in [0, 0.1) is 17.3 Å². The molecule has 0 aliphatic carbocycles. The molecule has 0 heterocycles. The maximum absolute atomic E-state index is 12.0. The lowest BCUT2D eigenvalue weighted by molar-refractivity contribution is -0.179. The predicted octanol–water partition coefficient (Wildman–Crippen LogP) is 2.42. The lowest BCUT2D eigenvalue weighted by Gasteiger charge is -2.26. The fraction of sp³-hybridized carbons (Fsp3) is 1.00. The van der Waals surface area contributed by atoms with E-state index < -0.39 is 56.0 Å². The number of aliphatic hydroxyl groups is 2. The minimum absolute atomic E-state index is 0.0116. The van der Waals surface area contributed by atoms with Gasteiger partial charge < -0.3 is 29.2 Å². The van der Waals surface area contributed by atoms with Crippen molar-refractivity contribution in [2.24, 2.45) is 17.3 Å². The molecule has 0 rings (SSSR count). The Morgan fingerprint density at radius 2 is 0.862 bits per heavy atom. The summed E-state index contributed by atoms with van der Waals surface area (Å²) in [6, 6.07) is 0. The lowest BCUT2D eigenvalue weighted by atomic mass is 9.96. The Morgan fingerprint density at radius 3 is 1.10 bits per heavy atom. The minimum atomic E-state index is -4.44. The van der Waals surface area contributed by atoms with Crippen molar-refractivity contribution in [3.05, 3.63) is 0 Å². The van der Waals surface area contributed by atoms with Crippen LogP contribution in [0.25, 0.3) is 0 Å². The number of hydrogen-bond donors (Lipinski definition) is 2. The largest absolute Gasteiger partial charge is 0.411 e. The summed E-state index contributed by atoms with van der Waals surface area (Å²) in [4.78, 5) is 0. The molecule has 0 aliphatic rings. The number of aliphatic hydroxyl groups excluding tert-OH is 2. The molecule has 0 aliphatic heterocycles. The van der Waals surface area contributed by atoms with Crippen molar-refractivity contribution in [2.45, 2.75) is 26.2 Å². The molecule has 0 aromatic carbocycles. The molecule has 12 heteroatoms. The summed E-state index contributed by atoms with van der Waals surface area (Å²) in [6.07, 6.45) is -8.88. The minimum Gasteiger partial charge on any atom is -0.396 e.